The molecule has 0 aromatic rings. The van der Waals surface area contributed by atoms with E-state index >= 15 is 0 Å². The molecule has 0 unspecified atom stereocenters. The summed E-state index contributed by atoms with van der Waals surface area (Å²) in [6.45, 7) is 6.52. The fourth-order valence-corrected chi connectivity index (χ4v) is 2.38. The van der Waals surface area contributed by atoms with Crippen LogP contribution in [0.25, 0.3) is 0 Å². The van der Waals surface area contributed by atoms with Crippen LogP contribution in [-0.4, -0.2) is 26.0 Å². The third kappa shape index (κ3) is 16.1. The third-order valence-electron chi connectivity index (χ3n) is 3.80. The number of hydrogen-bond donors (Lipinski definition) is 1. The average Bonchev–Trinajstić information content (AvgIpc) is 2.51. The lowest BCUT2D eigenvalue weighted by molar-refractivity contribution is -0.137. The highest BCUT2D eigenvalue weighted by molar-refractivity contribution is 4.49. The minimum Gasteiger partial charge on any atom is -0.351 e. The molecule has 0 aliphatic rings. The second kappa shape index (κ2) is 17.9. The van der Waals surface area contributed by atoms with E-state index in [0.29, 0.717) is 6.54 Å². The number of unbranched alkanes of at least 4 members (excludes halogenated alkanes) is 10. The van der Waals surface area contributed by atoms with E-state index in [4.69, 9.17) is 15.2 Å². The Balaban J connectivity index is 3.29. The van der Waals surface area contributed by atoms with E-state index in [1.54, 1.807) is 0 Å². The Hall–Kier alpha value is -0.120. The van der Waals surface area contributed by atoms with E-state index in [2.05, 4.69) is 13.8 Å². The van der Waals surface area contributed by atoms with Gasteiger partial charge >= 0.3 is 0 Å². The van der Waals surface area contributed by atoms with Crippen molar-refractivity contribution in [3.8, 4) is 0 Å². The van der Waals surface area contributed by atoms with Crippen LogP contribution in [0.1, 0.15) is 90.9 Å². The maximum Gasteiger partial charge on any atom is 0.169 e. The van der Waals surface area contributed by atoms with E-state index in [9.17, 15) is 0 Å². The Morgan fingerprint density at radius 3 is 1.38 bits per heavy atom. The van der Waals surface area contributed by atoms with Gasteiger partial charge in [-0.15, -0.1) is 0 Å². The summed E-state index contributed by atoms with van der Waals surface area (Å²) in [4.78, 5) is 0. The molecule has 0 rings (SSSR count). The van der Waals surface area contributed by atoms with Crippen molar-refractivity contribution < 1.29 is 9.47 Å². The maximum atomic E-state index is 5.70. The van der Waals surface area contributed by atoms with Gasteiger partial charge in [0, 0.05) is 19.8 Å². The monoisotopic (exact) mass is 301 g/mol. The van der Waals surface area contributed by atoms with Gasteiger partial charge in [0.1, 0.15) is 0 Å². The molecule has 0 amide bonds. The molecular weight excluding hydrogens is 262 g/mol. The van der Waals surface area contributed by atoms with Crippen molar-refractivity contribution >= 4 is 0 Å². The van der Waals surface area contributed by atoms with Crippen LogP contribution < -0.4 is 5.73 Å². The zero-order chi connectivity index (χ0) is 15.6. The summed E-state index contributed by atoms with van der Waals surface area (Å²) < 4.78 is 11.4. The number of nitrogens with two attached hydrogens (primary N) is 1. The Kier molecular flexibility index (Phi) is 17.8. The highest BCUT2D eigenvalue weighted by Crippen LogP contribution is 2.07. The van der Waals surface area contributed by atoms with Crippen molar-refractivity contribution in [3.63, 3.8) is 0 Å². The molecule has 0 aliphatic carbocycles. The van der Waals surface area contributed by atoms with Gasteiger partial charge in [-0.05, 0) is 12.8 Å². The predicted octanol–water partition coefficient (Wildman–Crippen LogP) is 5.03. The van der Waals surface area contributed by atoms with Crippen molar-refractivity contribution in [2.45, 2.75) is 97.2 Å². The van der Waals surface area contributed by atoms with Gasteiger partial charge < -0.3 is 15.2 Å². The topological polar surface area (TPSA) is 44.5 Å². The first-order valence-electron chi connectivity index (χ1n) is 9.28. The zero-order valence-electron chi connectivity index (χ0n) is 14.6. The molecule has 0 aromatic heterocycles. The van der Waals surface area contributed by atoms with E-state index < -0.39 is 0 Å². The van der Waals surface area contributed by atoms with Gasteiger partial charge in [-0.2, -0.15) is 0 Å². The Bertz CT molecular complexity index is 170. The van der Waals surface area contributed by atoms with Crippen LogP contribution in [0, 0.1) is 0 Å². The Labute approximate surface area is 133 Å². The highest BCUT2D eigenvalue weighted by Gasteiger charge is 2.06. The van der Waals surface area contributed by atoms with Crippen LogP contribution in [-0.2, 0) is 9.47 Å². The van der Waals surface area contributed by atoms with Crippen molar-refractivity contribution in [1.82, 2.24) is 0 Å². The Morgan fingerprint density at radius 1 is 0.619 bits per heavy atom. The fourth-order valence-electron chi connectivity index (χ4n) is 2.38. The lowest BCUT2D eigenvalue weighted by atomic mass is 10.1. The summed E-state index contributed by atoms with van der Waals surface area (Å²) in [5.41, 5.74) is 5.68. The second-order valence-corrected chi connectivity index (χ2v) is 5.94. The molecule has 0 aliphatic heterocycles. The average molecular weight is 302 g/mol. The van der Waals surface area contributed by atoms with Crippen molar-refractivity contribution in [1.29, 1.82) is 0 Å². The molecule has 0 saturated heterocycles. The first kappa shape index (κ1) is 20.9. The molecule has 3 heteroatoms. The molecule has 0 spiro atoms. The van der Waals surface area contributed by atoms with Crippen LogP contribution in [0.15, 0.2) is 0 Å². The smallest absolute Gasteiger partial charge is 0.169 e. The lowest BCUT2D eigenvalue weighted by Gasteiger charge is -2.16. The molecule has 0 radical (unpaired) electrons. The molecule has 21 heavy (non-hydrogen) atoms. The molecule has 3 nitrogen and oxygen atoms in total. The highest BCUT2D eigenvalue weighted by atomic mass is 16.7. The second-order valence-electron chi connectivity index (χ2n) is 5.94. The number of hydrogen-bond acceptors (Lipinski definition) is 3. The van der Waals surface area contributed by atoms with E-state index in [1.165, 1.54) is 64.2 Å². The molecule has 0 aromatic carbocycles. The van der Waals surface area contributed by atoms with Gasteiger partial charge in [-0.1, -0.05) is 78.1 Å². The zero-order valence-corrected chi connectivity index (χ0v) is 14.6. The first-order chi connectivity index (χ1) is 10.3. The normalized spacial score (nSPS) is 11.4. The van der Waals surface area contributed by atoms with Gasteiger partial charge in [0.05, 0.1) is 0 Å². The van der Waals surface area contributed by atoms with Gasteiger partial charge in [0.25, 0.3) is 0 Å². The molecular formula is C18H39NO2. The SMILES string of the molecule is CCCCCCCCOC(CN)OCCCCCCCC. The minimum atomic E-state index is -0.198. The van der Waals surface area contributed by atoms with E-state index in [1.807, 2.05) is 0 Å². The summed E-state index contributed by atoms with van der Waals surface area (Å²) in [5.74, 6) is 0. The molecule has 0 heterocycles. The van der Waals surface area contributed by atoms with Crippen LogP contribution >= 0.6 is 0 Å². The van der Waals surface area contributed by atoms with Crippen LogP contribution in [0.5, 0.6) is 0 Å². The van der Waals surface area contributed by atoms with Crippen molar-refractivity contribution in [2.75, 3.05) is 19.8 Å². The van der Waals surface area contributed by atoms with Crippen LogP contribution in [0.4, 0.5) is 0 Å². The summed E-state index contributed by atoms with van der Waals surface area (Å²) in [5, 5.41) is 0. The summed E-state index contributed by atoms with van der Waals surface area (Å²) >= 11 is 0. The molecule has 2 N–H and O–H groups in total. The van der Waals surface area contributed by atoms with Gasteiger partial charge in [0.15, 0.2) is 6.29 Å². The van der Waals surface area contributed by atoms with Crippen molar-refractivity contribution in [3.05, 3.63) is 0 Å². The largest absolute Gasteiger partial charge is 0.351 e. The molecule has 0 saturated carbocycles. The van der Waals surface area contributed by atoms with E-state index in [0.717, 1.165) is 26.1 Å². The minimum absolute atomic E-state index is 0.198. The summed E-state index contributed by atoms with van der Waals surface area (Å²) in [7, 11) is 0. The third-order valence-corrected chi connectivity index (χ3v) is 3.80. The summed E-state index contributed by atoms with van der Waals surface area (Å²) in [6, 6.07) is 0. The molecule has 0 fully saturated rings. The van der Waals surface area contributed by atoms with Gasteiger partial charge in [-0.25, -0.2) is 0 Å². The van der Waals surface area contributed by atoms with Crippen LogP contribution in [0.3, 0.4) is 0 Å². The molecule has 128 valence electrons. The molecule has 0 bridgehead atoms. The first-order valence-corrected chi connectivity index (χ1v) is 9.28. The lowest BCUT2D eigenvalue weighted by Crippen LogP contribution is -2.27. The number of ether oxygens (including phenoxy) is 2. The van der Waals surface area contributed by atoms with Gasteiger partial charge in [0.2, 0.25) is 0 Å². The number of rotatable bonds is 17. The Morgan fingerprint density at radius 2 is 1.00 bits per heavy atom. The van der Waals surface area contributed by atoms with Crippen molar-refractivity contribution in [2.24, 2.45) is 5.73 Å². The predicted molar refractivity (Wildman–Crippen MR) is 91.5 cm³/mol. The van der Waals surface area contributed by atoms with Crippen LogP contribution in [0.2, 0.25) is 0 Å². The molecule has 0 atom stereocenters. The van der Waals surface area contributed by atoms with Gasteiger partial charge in [-0.3, -0.25) is 0 Å². The standard InChI is InChI=1S/C18H39NO2/c1-3-5-7-9-11-13-15-20-18(17-19)21-16-14-12-10-8-6-4-2/h18H,3-17,19H2,1-2H3. The summed E-state index contributed by atoms with van der Waals surface area (Å²) in [6.07, 6.45) is 15.2. The van der Waals surface area contributed by atoms with E-state index in [-0.39, 0.29) is 6.29 Å². The maximum absolute atomic E-state index is 5.70. The fraction of sp³-hybridized carbons (Fsp3) is 1.00. The quantitative estimate of drug-likeness (QED) is 0.303.